The average Bonchev–Trinajstić information content (AvgIpc) is 3.53. The summed E-state index contributed by atoms with van der Waals surface area (Å²) in [7, 11) is 4.90. The van der Waals surface area contributed by atoms with E-state index < -0.39 is 17.5 Å². The summed E-state index contributed by atoms with van der Waals surface area (Å²) >= 11 is 5.93. The number of rotatable bonds is 8. The van der Waals surface area contributed by atoms with Gasteiger partial charge < -0.3 is 5.73 Å². The Kier molecular flexibility index (Phi) is 7.74. The molecule has 26 heavy (non-hydrogen) atoms. The molecule has 0 aromatic heterocycles. The first-order valence-corrected chi connectivity index (χ1v) is 10.1. The summed E-state index contributed by atoms with van der Waals surface area (Å²) in [5, 5.41) is 10.9. The van der Waals surface area contributed by atoms with Crippen LogP contribution in [0, 0.1) is 16.2 Å². The predicted octanol–water partition coefficient (Wildman–Crippen LogP) is -1.30. The van der Waals surface area contributed by atoms with Crippen LogP contribution in [0.3, 0.4) is 0 Å². The van der Waals surface area contributed by atoms with Crippen LogP contribution >= 0.6 is 0 Å². The molecule has 0 aromatic rings. The third-order valence-corrected chi connectivity index (χ3v) is 7.85. The third kappa shape index (κ3) is 5.47. The topological polar surface area (TPSA) is 115 Å². The molecular weight excluding hydrogens is 466 g/mol. The van der Waals surface area contributed by atoms with Gasteiger partial charge in [-0.3, -0.25) is 0 Å². The van der Waals surface area contributed by atoms with Crippen molar-refractivity contribution in [3.05, 3.63) is 0 Å². The molecule has 2 aliphatic rings. The molecular formula is C16H28N6O2Se2. The number of nitrogens with two attached hydrogens (primary N) is 1. The van der Waals surface area contributed by atoms with E-state index in [2.05, 4.69) is 61.6 Å². The van der Waals surface area contributed by atoms with Crippen LogP contribution < -0.4 is 16.6 Å². The summed E-state index contributed by atoms with van der Waals surface area (Å²) in [6, 6.07) is 0. The van der Waals surface area contributed by atoms with Crippen molar-refractivity contribution in [2.75, 3.05) is 21.1 Å². The van der Waals surface area contributed by atoms with Gasteiger partial charge in [-0.05, 0) is 7.05 Å². The molecule has 2 fully saturated rings. The number of hydrogen-bond acceptors (Lipinski definition) is 6. The predicted molar refractivity (Wildman–Crippen MR) is 106 cm³/mol. The first kappa shape index (κ1) is 23.0. The number of hydrazine groups is 2. The van der Waals surface area contributed by atoms with Crippen LogP contribution in [0.5, 0.6) is 0 Å². The van der Waals surface area contributed by atoms with E-state index in [0.717, 1.165) is 34.8 Å². The summed E-state index contributed by atoms with van der Waals surface area (Å²) in [5.41, 5.74) is 9.12. The average molecular weight is 494 g/mol. The molecule has 5 N–H and O–H groups in total. The van der Waals surface area contributed by atoms with Gasteiger partial charge in [0.05, 0.1) is 0 Å². The normalized spacial score (nSPS) is 17.6. The van der Waals surface area contributed by atoms with Crippen molar-refractivity contribution in [1.82, 2.24) is 20.9 Å². The zero-order chi connectivity index (χ0) is 20.3. The van der Waals surface area contributed by atoms with Gasteiger partial charge in [-0.2, -0.15) is 0 Å². The standard InChI is InChI=1S/C15H23N5O2Se2.CH5N/c1-14(5-6-14)12(23)19(3)17-10(21)9(16)11(22)18-20(4)13(24)15(2)7-8-15;1-2/h16H,5-8H2,1-4H3,(H,17,21)(H,18,22);2H2,1H3. The Morgan fingerprint density at radius 3 is 1.38 bits per heavy atom. The van der Waals surface area contributed by atoms with Crippen LogP contribution in [0.4, 0.5) is 0 Å². The fourth-order valence-electron chi connectivity index (χ4n) is 2.23. The first-order valence-electron chi connectivity index (χ1n) is 8.35. The van der Waals surface area contributed by atoms with E-state index in [4.69, 9.17) is 5.41 Å². The molecule has 0 radical (unpaired) electrons. The maximum atomic E-state index is 12.1. The zero-order valence-electron chi connectivity index (χ0n) is 15.9. The van der Waals surface area contributed by atoms with Gasteiger partial charge >= 0.3 is 158 Å². The third-order valence-electron chi connectivity index (χ3n) is 4.63. The number of carbonyl (C=O) groups excluding carboxylic acids is 2. The van der Waals surface area contributed by atoms with Crippen LogP contribution in [0.15, 0.2) is 0 Å². The molecule has 2 saturated carbocycles. The second-order valence-corrected chi connectivity index (χ2v) is 8.73. The van der Waals surface area contributed by atoms with Gasteiger partial charge in [-0.1, -0.05) is 0 Å². The Morgan fingerprint density at radius 1 is 0.885 bits per heavy atom. The molecule has 0 saturated heterocycles. The van der Waals surface area contributed by atoms with E-state index in [9.17, 15) is 9.59 Å². The van der Waals surface area contributed by atoms with Crippen LogP contribution in [0.25, 0.3) is 0 Å². The van der Waals surface area contributed by atoms with Gasteiger partial charge in [0, 0.05) is 0 Å². The summed E-state index contributed by atoms with van der Waals surface area (Å²) in [5.74, 6) is -1.47. The summed E-state index contributed by atoms with van der Waals surface area (Å²) < 4.78 is 1.81. The fraction of sp³-hybridized carbons (Fsp3) is 0.688. The van der Waals surface area contributed by atoms with Crippen molar-refractivity contribution in [3.8, 4) is 0 Å². The van der Waals surface area contributed by atoms with Crippen LogP contribution in [0.2, 0.25) is 0 Å². The van der Waals surface area contributed by atoms with E-state index >= 15 is 0 Å². The molecule has 2 amide bonds. The second-order valence-electron chi connectivity index (χ2n) is 7.11. The molecule has 8 nitrogen and oxygen atoms in total. The van der Waals surface area contributed by atoms with Crippen molar-refractivity contribution < 1.29 is 9.59 Å². The van der Waals surface area contributed by atoms with E-state index in [-0.39, 0.29) is 10.8 Å². The van der Waals surface area contributed by atoms with Crippen molar-refractivity contribution in [2.45, 2.75) is 39.5 Å². The van der Waals surface area contributed by atoms with E-state index in [0.29, 0.717) is 0 Å². The molecule has 0 spiro atoms. The van der Waals surface area contributed by atoms with Gasteiger partial charge in [0.15, 0.2) is 0 Å². The van der Waals surface area contributed by atoms with Crippen LogP contribution in [-0.4, -0.2) is 88.9 Å². The Bertz CT molecular complexity index is 576. The number of nitrogens with one attached hydrogen (secondary N) is 3. The monoisotopic (exact) mass is 496 g/mol. The molecule has 146 valence electrons. The quantitative estimate of drug-likeness (QED) is 0.145. The summed E-state index contributed by atoms with van der Waals surface area (Å²) in [6.07, 6.45) is 4.23. The van der Waals surface area contributed by atoms with Crippen molar-refractivity contribution in [3.63, 3.8) is 0 Å². The number of amides is 2. The minimum absolute atomic E-state index is 0.0638. The van der Waals surface area contributed by atoms with Gasteiger partial charge in [0.1, 0.15) is 0 Å². The maximum absolute atomic E-state index is 12.1. The Balaban J connectivity index is 0.00000163. The zero-order valence-corrected chi connectivity index (χ0v) is 19.4. The second kappa shape index (κ2) is 8.76. The van der Waals surface area contributed by atoms with Crippen molar-refractivity contribution >= 4 is 57.8 Å². The van der Waals surface area contributed by atoms with E-state index in [1.165, 1.54) is 7.05 Å². The number of carbonyl (C=O) groups is 2. The summed E-state index contributed by atoms with van der Waals surface area (Å²) in [6.45, 7) is 4.20. The summed E-state index contributed by atoms with van der Waals surface area (Å²) in [4.78, 5) is 24.2. The molecule has 0 unspecified atom stereocenters. The molecule has 0 bridgehead atoms. The molecule has 2 rings (SSSR count). The van der Waals surface area contributed by atoms with E-state index in [1.54, 1.807) is 24.1 Å². The van der Waals surface area contributed by atoms with Crippen molar-refractivity contribution in [2.24, 2.45) is 16.6 Å². The molecule has 0 aromatic carbocycles. The van der Waals surface area contributed by atoms with Gasteiger partial charge in [-0.25, -0.2) is 0 Å². The molecule has 10 heteroatoms. The van der Waals surface area contributed by atoms with Crippen molar-refractivity contribution in [1.29, 1.82) is 5.41 Å². The molecule has 2 aliphatic carbocycles. The minimum atomic E-state index is -0.736. The Labute approximate surface area is 170 Å². The van der Waals surface area contributed by atoms with Crippen LogP contribution in [-0.2, 0) is 9.59 Å². The van der Waals surface area contributed by atoms with Crippen LogP contribution in [0.1, 0.15) is 39.5 Å². The molecule has 0 heterocycles. The molecule has 0 atom stereocenters. The molecule has 0 aliphatic heterocycles. The van der Waals surface area contributed by atoms with Gasteiger partial charge in [-0.15, -0.1) is 0 Å². The fourth-order valence-corrected chi connectivity index (χ4v) is 3.28. The Morgan fingerprint density at radius 2 is 1.15 bits per heavy atom. The number of hydrogen-bond donors (Lipinski definition) is 4. The van der Waals surface area contributed by atoms with Gasteiger partial charge in [0.25, 0.3) is 0 Å². The first-order chi connectivity index (χ1) is 12.0. The number of nitrogens with zero attached hydrogens (tertiary/aromatic N) is 2. The van der Waals surface area contributed by atoms with Gasteiger partial charge in [0.2, 0.25) is 0 Å². The van der Waals surface area contributed by atoms with E-state index in [1.807, 2.05) is 0 Å². The Hall–Kier alpha value is -1.05. The SMILES string of the molecule is CN.CN(NC(=O)C(=N)C(=O)NN(C)C(=[Se])C1(C)CC1)C(=[Se])C1(C)CC1.